The second-order valence-corrected chi connectivity index (χ2v) is 13.7. The standard InChI is InChI=1S/2C12H8Cl2N4.C12H9ClN4O/c1-18-6-7(5-15-18)8-4-10-9(17-12(8)14)2-3-11(13)16-10;1-18-6-7(4-16-18)8-5-15-9-2-3-10(13)17-12(9)11(8)14;1-16-6-9(5-14-16)8-4-10-11(17(18)7-8)2-3-12(13)15-10/h2*2-6H,1H3;2-7H,1H3. The van der Waals surface area contributed by atoms with E-state index in [0.29, 0.717) is 47.7 Å². The van der Waals surface area contributed by atoms with Gasteiger partial charge in [-0.25, -0.2) is 19.9 Å². The molecule has 0 spiro atoms. The van der Waals surface area contributed by atoms with Gasteiger partial charge < -0.3 is 5.21 Å². The van der Waals surface area contributed by atoms with Gasteiger partial charge in [-0.05, 0) is 42.5 Å². The molecule has 0 aliphatic carbocycles. The summed E-state index contributed by atoms with van der Waals surface area (Å²) in [5.41, 5.74) is 8.85. The molecule has 0 saturated carbocycles. The van der Waals surface area contributed by atoms with Crippen LogP contribution < -0.4 is 4.73 Å². The first-order chi connectivity index (χ1) is 25.9. The fraction of sp³-hybridized carbons (Fsp3) is 0.0833. The minimum Gasteiger partial charge on any atom is -0.618 e. The molecule has 0 aromatic carbocycles. The smallest absolute Gasteiger partial charge is 0.242 e. The fourth-order valence-electron chi connectivity index (χ4n) is 5.39. The Bertz CT molecular complexity index is 2770. The summed E-state index contributed by atoms with van der Waals surface area (Å²) in [6, 6.07) is 13.9. The van der Waals surface area contributed by atoms with Gasteiger partial charge in [0.1, 0.15) is 31.6 Å². The highest BCUT2D eigenvalue weighted by atomic mass is 35.5. The van der Waals surface area contributed by atoms with Gasteiger partial charge in [0.05, 0.1) is 45.7 Å². The molecule has 9 heterocycles. The van der Waals surface area contributed by atoms with Crippen molar-refractivity contribution in [2.75, 3.05) is 0 Å². The van der Waals surface area contributed by atoms with Gasteiger partial charge in [-0.2, -0.15) is 20.0 Å². The van der Waals surface area contributed by atoms with Crippen LogP contribution in [0.3, 0.4) is 0 Å². The highest BCUT2D eigenvalue weighted by Gasteiger charge is 2.14. The molecule has 0 radical (unpaired) electrons. The summed E-state index contributed by atoms with van der Waals surface area (Å²) in [6.07, 6.45) is 14.0. The zero-order chi connectivity index (χ0) is 38.1. The Labute approximate surface area is 331 Å². The van der Waals surface area contributed by atoms with Gasteiger partial charge in [0, 0.05) is 79.8 Å². The van der Waals surface area contributed by atoms with Crippen LogP contribution in [0.5, 0.6) is 0 Å². The molecule has 270 valence electrons. The lowest BCUT2D eigenvalue weighted by atomic mass is 10.1. The third-order valence-corrected chi connectivity index (χ3v) is 9.23. The molecule has 9 aromatic rings. The van der Waals surface area contributed by atoms with E-state index in [0.717, 1.165) is 49.1 Å². The van der Waals surface area contributed by atoms with E-state index >= 15 is 0 Å². The molecule has 9 rings (SSSR count). The van der Waals surface area contributed by atoms with E-state index in [1.165, 1.54) is 6.20 Å². The minimum atomic E-state index is 0.367. The van der Waals surface area contributed by atoms with Crippen molar-refractivity contribution >= 4 is 91.1 Å². The maximum atomic E-state index is 11.9. The van der Waals surface area contributed by atoms with Crippen molar-refractivity contribution < 1.29 is 4.73 Å². The zero-order valence-corrected chi connectivity index (χ0v) is 32.2. The number of fused-ring (bicyclic) bond motifs is 3. The summed E-state index contributed by atoms with van der Waals surface area (Å²) in [5, 5.41) is 26.4. The van der Waals surface area contributed by atoms with Crippen LogP contribution in [-0.2, 0) is 21.1 Å². The molecule has 0 fully saturated rings. The zero-order valence-electron chi connectivity index (χ0n) is 28.4. The highest BCUT2D eigenvalue weighted by molar-refractivity contribution is 6.38. The number of hydrogen-bond acceptors (Lipinski definition) is 9. The lowest BCUT2D eigenvalue weighted by molar-refractivity contribution is -0.576. The summed E-state index contributed by atoms with van der Waals surface area (Å²) in [5.74, 6) is 0. The molecule has 0 saturated heterocycles. The molecule has 9 aromatic heterocycles. The maximum absolute atomic E-state index is 11.9. The van der Waals surface area contributed by atoms with Crippen LogP contribution in [0, 0.1) is 5.21 Å². The van der Waals surface area contributed by atoms with Crippen LogP contribution in [0.1, 0.15) is 0 Å². The Balaban J connectivity index is 0.000000125. The van der Waals surface area contributed by atoms with E-state index in [9.17, 15) is 5.21 Å². The van der Waals surface area contributed by atoms with Crippen molar-refractivity contribution in [1.29, 1.82) is 0 Å². The number of rotatable bonds is 3. The lowest BCUT2D eigenvalue weighted by Gasteiger charge is -2.04. The number of halogens is 5. The number of hydrogen-bond donors (Lipinski definition) is 0. The SMILES string of the molecule is Cn1cc(-c2cc3nc(Cl)ccc3[n+]([O-])c2)cn1.Cn1cc(-c2cc3nc(Cl)ccc3nc2Cl)cn1.Cn1cc(-c2cnc3ccc(Cl)nc3c2Cl)cn1. The van der Waals surface area contributed by atoms with Gasteiger partial charge in [0.25, 0.3) is 0 Å². The molecule has 0 amide bonds. The molecule has 0 bridgehead atoms. The Kier molecular flexibility index (Phi) is 10.6. The van der Waals surface area contributed by atoms with Gasteiger partial charge in [-0.1, -0.05) is 58.0 Å². The van der Waals surface area contributed by atoms with Crippen molar-refractivity contribution in [2.45, 2.75) is 0 Å². The van der Waals surface area contributed by atoms with E-state index in [-0.39, 0.29) is 0 Å². The number of aromatic nitrogens is 12. The Morgan fingerprint density at radius 1 is 0.537 bits per heavy atom. The Morgan fingerprint density at radius 2 is 1.09 bits per heavy atom. The average Bonchev–Trinajstić information content (AvgIpc) is 3.90. The molecule has 0 atom stereocenters. The Morgan fingerprint density at radius 3 is 1.72 bits per heavy atom. The predicted molar refractivity (Wildman–Crippen MR) is 211 cm³/mol. The number of aryl methyl sites for hydroxylation is 3. The van der Waals surface area contributed by atoms with E-state index in [2.05, 4.69) is 40.2 Å². The predicted octanol–water partition coefficient (Wildman–Crippen LogP) is 8.60. The van der Waals surface area contributed by atoms with Crippen LogP contribution in [0.25, 0.3) is 66.5 Å². The van der Waals surface area contributed by atoms with E-state index in [1.807, 2.05) is 51.9 Å². The third kappa shape index (κ3) is 8.05. The molecular formula is C36H25Cl5N12O. The first-order valence-corrected chi connectivity index (χ1v) is 17.7. The molecule has 0 aliphatic heterocycles. The largest absolute Gasteiger partial charge is 0.618 e. The normalized spacial score (nSPS) is 11.0. The third-order valence-electron chi connectivity index (χ3n) is 7.93. The van der Waals surface area contributed by atoms with Crippen molar-refractivity contribution in [1.82, 2.24) is 54.3 Å². The van der Waals surface area contributed by atoms with Crippen molar-refractivity contribution in [3.05, 3.63) is 129 Å². The molecule has 0 N–H and O–H groups in total. The van der Waals surface area contributed by atoms with E-state index < -0.39 is 0 Å². The molecule has 0 aliphatic rings. The first kappa shape index (κ1) is 36.9. The monoisotopic (exact) mass is 816 g/mol. The Hall–Kier alpha value is -5.44. The van der Waals surface area contributed by atoms with Crippen molar-refractivity contribution in [3.63, 3.8) is 0 Å². The molecule has 13 nitrogen and oxygen atoms in total. The van der Waals surface area contributed by atoms with Gasteiger partial charge in [0.15, 0.2) is 6.20 Å². The second kappa shape index (κ2) is 15.5. The first-order valence-electron chi connectivity index (χ1n) is 15.8. The molecular weight excluding hydrogens is 794 g/mol. The van der Waals surface area contributed by atoms with Crippen molar-refractivity contribution in [3.8, 4) is 33.4 Å². The summed E-state index contributed by atoms with van der Waals surface area (Å²) in [6.45, 7) is 0. The van der Waals surface area contributed by atoms with Crippen LogP contribution in [0.4, 0.5) is 0 Å². The van der Waals surface area contributed by atoms with Crippen LogP contribution in [0.15, 0.2) is 98.1 Å². The summed E-state index contributed by atoms with van der Waals surface area (Å²) in [7, 11) is 5.52. The topological polar surface area (TPSA) is 145 Å². The fourth-order valence-corrected chi connectivity index (χ4v) is 6.39. The summed E-state index contributed by atoms with van der Waals surface area (Å²) >= 11 is 30.1. The van der Waals surface area contributed by atoms with E-state index in [1.54, 1.807) is 75.2 Å². The number of pyridine rings is 6. The summed E-state index contributed by atoms with van der Waals surface area (Å²) in [4.78, 5) is 21.2. The van der Waals surface area contributed by atoms with Gasteiger partial charge in [-0.3, -0.25) is 19.0 Å². The maximum Gasteiger partial charge on any atom is 0.242 e. The van der Waals surface area contributed by atoms with Crippen LogP contribution in [-0.4, -0.2) is 54.3 Å². The summed E-state index contributed by atoms with van der Waals surface area (Å²) < 4.78 is 5.89. The van der Waals surface area contributed by atoms with Gasteiger partial charge >= 0.3 is 0 Å². The molecule has 18 heteroatoms. The number of nitrogens with zero attached hydrogens (tertiary/aromatic N) is 12. The van der Waals surface area contributed by atoms with Crippen LogP contribution in [0.2, 0.25) is 25.6 Å². The molecule has 54 heavy (non-hydrogen) atoms. The van der Waals surface area contributed by atoms with Gasteiger partial charge in [-0.15, -0.1) is 0 Å². The van der Waals surface area contributed by atoms with Crippen LogP contribution >= 0.6 is 58.0 Å². The minimum absolute atomic E-state index is 0.367. The van der Waals surface area contributed by atoms with Crippen molar-refractivity contribution in [2.24, 2.45) is 21.1 Å². The molecule has 0 unspecified atom stereocenters. The second-order valence-electron chi connectivity index (χ2n) is 11.8. The lowest BCUT2D eigenvalue weighted by Crippen LogP contribution is -2.26. The average molecular weight is 819 g/mol. The highest BCUT2D eigenvalue weighted by Crippen LogP contribution is 2.33. The van der Waals surface area contributed by atoms with Gasteiger partial charge in [0.2, 0.25) is 5.52 Å². The van der Waals surface area contributed by atoms with E-state index in [4.69, 9.17) is 58.0 Å². The quantitative estimate of drug-likeness (QED) is 0.0972.